The van der Waals surface area contributed by atoms with Crippen molar-refractivity contribution in [2.24, 2.45) is 11.8 Å². The Morgan fingerprint density at radius 1 is 1.33 bits per heavy atom. The van der Waals surface area contributed by atoms with Crippen molar-refractivity contribution < 1.29 is 9.90 Å². The first-order valence-electron chi connectivity index (χ1n) is 7.71. The molecule has 1 fully saturated rings. The standard InChI is InChI=1S/C17H25NO2S/c1-21-12-13-5-4-8-14(9-13)17(20)18-10-15-6-2-3-7-16(15)11-19/h4-5,8-9,15-16,19H,2-3,6-7,10-12H2,1H3,(H,18,20). The van der Waals surface area contributed by atoms with Gasteiger partial charge in [0.25, 0.3) is 5.91 Å². The van der Waals surface area contributed by atoms with Crippen molar-refractivity contribution in [2.75, 3.05) is 19.4 Å². The molecule has 1 amide bonds. The van der Waals surface area contributed by atoms with Gasteiger partial charge in [-0.25, -0.2) is 0 Å². The molecule has 2 N–H and O–H groups in total. The Hall–Kier alpha value is -1.00. The van der Waals surface area contributed by atoms with Crippen molar-refractivity contribution in [3.63, 3.8) is 0 Å². The Morgan fingerprint density at radius 3 is 2.81 bits per heavy atom. The fraction of sp³-hybridized carbons (Fsp3) is 0.588. The Balaban J connectivity index is 1.90. The van der Waals surface area contributed by atoms with Gasteiger partial charge in [-0.05, 0) is 48.6 Å². The van der Waals surface area contributed by atoms with Gasteiger partial charge in [0.15, 0.2) is 0 Å². The molecule has 2 rings (SSSR count). The Bertz CT molecular complexity index is 464. The minimum Gasteiger partial charge on any atom is -0.396 e. The third-order valence-electron chi connectivity index (χ3n) is 4.33. The maximum absolute atomic E-state index is 12.3. The number of nitrogens with one attached hydrogen (secondary N) is 1. The lowest BCUT2D eigenvalue weighted by atomic mass is 9.79. The van der Waals surface area contributed by atoms with E-state index in [1.807, 2.05) is 18.2 Å². The zero-order valence-electron chi connectivity index (χ0n) is 12.7. The molecule has 0 radical (unpaired) electrons. The van der Waals surface area contributed by atoms with Crippen molar-refractivity contribution in [1.82, 2.24) is 5.32 Å². The molecule has 4 heteroatoms. The van der Waals surface area contributed by atoms with E-state index in [0.717, 1.165) is 24.2 Å². The summed E-state index contributed by atoms with van der Waals surface area (Å²) in [5.74, 6) is 1.69. The predicted octanol–water partition coefficient (Wildman–Crippen LogP) is 3.08. The lowest BCUT2D eigenvalue weighted by molar-refractivity contribution is 0.0909. The number of aliphatic hydroxyl groups excluding tert-OH is 1. The Kier molecular flexibility index (Phi) is 6.58. The van der Waals surface area contributed by atoms with Crippen LogP contribution >= 0.6 is 11.8 Å². The molecule has 0 aromatic heterocycles. The van der Waals surface area contributed by atoms with Gasteiger partial charge in [0.2, 0.25) is 0 Å². The monoisotopic (exact) mass is 307 g/mol. The minimum atomic E-state index is 0.000200. The van der Waals surface area contributed by atoms with Gasteiger partial charge < -0.3 is 10.4 Å². The number of rotatable bonds is 6. The van der Waals surface area contributed by atoms with E-state index in [1.165, 1.54) is 18.4 Å². The molecule has 1 aliphatic carbocycles. The highest BCUT2D eigenvalue weighted by atomic mass is 32.2. The summed E-state index contributed by atoms with van der Waals surface area (Å²) in [6.07, 6.45) is 6.66. The van der Waals surface area contributed by atoms with Gasteiger partial charge in [-0.15, -0.1) is 0 Å². The summed E-state index contributed by atoms with van der Waals surface area (Å²) < 4.78 is 0. The quantitative estimate of drug-likeness (QED) is 0.849. The summed E-state index contributed by atoms with van der Waals surface area (Å²) in [6.45, 7) is 0.917. The smallest absolute Gasteiger partial charge is 0.251 e. The van der Waals surface area contributed by atoms with Crippen LogP contribution in [0.2, 0.25) is 0 Å². The molecule has 3 nitrogen and oxygen atoms in total. The molecule has 2 unspecified atom stereocenters. The van der Waals surface area contributed by atoms with E-state index in [2.05, 4.69) is 17.6 Å². The normalized spacial score (nSPS) is 22.0. The van der Waals surface area contributed by atoms with Gasteiger partial charge in [0.1, 0.15) is 0 Å². The van der Waals surface area contributed by atoms with Gasteiger partial charge >= 0.3 is 0 Å². The van der Waals surface area contributed by atoms with Crippen LogP contribution in [0.1, 0.15) is 41.6 Å². The van der Waals surface area contributed by atoms with Gasteiger partial charge in [0.05, 0.1) is 0 Å². The van der Waals surface area contributed by atoms with Crippen molar-refractivity contribution in [3.05, 3.63) is 35.4 Å². The van der Waals surface area contributed by atoms with Gasteiger partial charge in [-0.2, -0.15) is 11.8 Å². The SMILES string of the molecule is CSCc1cccc(C(=O)NCC2CCCCC2CO)c1. The molecule has 0 bridgehead atoms. The summed E-state index contributed by atoms with van der Waals surface area (Å²) in [4.78, 5) is 12.3. The highest BCUT2D eigenvalue weighted by molar-refractivity contribution is 7.97. The molecule has 2 atom stereocenters. The molecule has 0 spiro atoms. The van der Waals surface area contributed by atoms with Crippen LogP contribution < -0.4 is 5.32 Å². The van der Waals surface area contributed by atoms with Crippen molar-refractivity contribution in [1.29, 1.82) is 0 Å². The second-order valence-electron chi connectivity index (χ2n) is 5.83. The summed E-state index contributed by atoms with van der Waals surface area (Å²) in [7, 11) is 0. The van der Waals surface area contributed by atoms with Crippen LogP contribution in [0, 0.1) is 11.8 Å². The zero-order valence-corrected chi connectivity index (χ0v) is 13.5. The van der Waals surface area contributed by atoms with Crippen LogP contribution in [-0.2, 0) is 5.75 Å². The summed E-state index contributed by atoms with van der Waals surface area (Å²) in [5.41, 5.74) is 1.92. The number of carbonyl (C=O) groups is 1. The first-order valence-corrected chi connectivity index (χ1v) is 9.11. The van der Waals surface area contributed by atoms with Crippen LogP contribution in [-0.4, -0.2) is 30.4 Å². The highest BCUT2D eigenvalue weighted by Crippen LogP contribution is 2.29. The molecule has 1 saturated carbocycles. The lowest BCUT2D eigenvalue weighted by Gasteiger charge is -2.30. The zero-order chi connectivity index (χ0) is 15.1. The molecule has 1 aromatic rings. The van der Waals surface area contributed by atoms with Gasteiger partial charge in [-0.3, -0.25) is 4.79 Å². The third kappa shape index (κ3) is 4.75. The first-order chi connectivity index (χ1) is 10.2. The van der Waals surface area contributed by atoms with E-state index in [1.54, 1.807) is 11.8 Å². The molecule has 1 aromatic carbocycles. The summed E-state index contributed by atoms with van der Waals surface area (Å²) in [5, 5.41) is 12.5. The van der Waals surface area contributed by atoms with Crippen molar-refractivity contribution in [3.8, 4) is 0 Å². The first kappa shape index (κ1) is 16.4. The summed E-state index contributed by atoms with van der Waals surface area (Å²) >= 11 is 1.75. The van der Waals surface area contributed by atoms with Crippen LogP contribution in [0.4, 0.5) is 0 Å². The van der Waals surface area contributed by atoms with E-state index in [0.29, 0.717) is 18.4 Å². The van der Waals surface area contributed by atoms with Crippen molar-refractivity contribution >= 4 is 17.7 Å². The molecular weight excluding hydrogens is 282 g/mol. The number of thioether (sulfide) groups is 1. The minimum absolute atomic E-state index is 0.000200. The molecule has 0 heterocycles. The number of hydrogen-bond acceptors (Lipinski definition) is 3. The second kappa shape index (κ2) is 8.44. The molecule has 1 aliphatic rings. The Labute approximate surface area is 131 Å². The molecule has 21 heavy (non-hydrogen) atoms. The van der Waals surface area contributed by atoms with E-state index in [9.17, 15) is 9.90 Å². The van der Waals surface area contributed by atoms with Crippen molar-refractivity contribution in [2.45, 2.75) is 31.4 Å². The van der Waals surface area contributed by atoms with Crippen LogP contribution in [0.15, 0.2) is 24.3 Å². The lowest BCUT2D eigenvalue weighted by Crippen LogP contribution is -2.35. The summed E-state index contributed by atoms with van der Waals surface area (Å²) in [6, 6.07) is 7.83. The Morgan fingerprint density at radius 2 is 2.10 bits per heavy atom. The second-order valence-corrected chi connectivity index (χ2v) is 6.70. The largest absolute Gasteiger partial charge is 0.396 e. The average Bonchev–Trinajstić information content (AvgIpc) is 2.53. The van der Waals surface area contributed by atoms with Crippen LogP contribution in [0.25, 0.3) is 0 Å². The number of amides is 1. The highest BCUT2D eigenvalue weighted by Gasteiger charge is 2.24. The van der Waals surface area contributed by atoms with E-state index >= 15 is 0 Å². The predicted molar refractivity (Wildman–Crippen MR) is 88.5 cm³/mol. The van der Waals surface area contributed by atoms with E-state index < -0.39 is 0 Å². The van der Waals surface area contributed by atoms with Crippen LogP contribution in [0.5, 0.6) is 0 Å². The topological polar surface area (TPSA) is 49.3 Å². The van der Waals surface area contributed by atoms with Gasteiger partial charge in [0, 0.05) is 24.5 Å². The number of benzene rings is 1. The maximum atomic E-state index is 12.3. The van der Waals surface area contributed by atoms with Crippen LogP contribution in [0.3, 0.4) is 0 Å². The number of aliphatic hydroxyl groups is 1. The van der Waals surface area contributed by atoms with E-state index in [-0.39, 0.29) is 12.5 Å². The molecular formula is C17H25NO2S. The molecule has 116 valence electrons. The fourth-order valence-electron chi connectivity index (χ4n) is 3.09. The van der Waals surface area contributed by atoms with E-state index in [4.69, 9.17) is 0 Å². The fourth-order valence-corrected chi connectivity index (χ4v) is 3.60. The third-order valence-corrected chi connectivity index (χ3v) is 4.95. The molecule has 0 saturated heterocycles. The maximum Gasteiger partial charge on any atom is 0.251 e. The van der Waals surface area contributed by atoms with Gasteiger partial charge in [-0.1, -0.05) is 25.0 Å². The molecule has 0 aliphatic heterocycles. The average molecular weight is 307 g/mol. The number of carbonyl (C=O) groups excluding carboxylic acids is 1. The number of hydrogen-bond donors (Lipinski definition) is 2.